The Hall–Kier alpha value is -4.68. The van der Waals surface area contributed by atoms with Gasteiger partial charge in [-0.05, 0) is 73.8 Å². The van der Waals surface area contributed by atoms with E-state index in [2.05, 4.69) is 158 Å². The molecule has 0 N–H and O–H groups in total. The summed E-state index contributed by atoms with van der Waals surface area (Å²) in [5.41, 5.74) is 11.8. The molecule has 6 aromatic rings. The summed E-state index contributed by atoms with van der Waals surface area (Å²) in [5.74, 6) is 0. The average Bonchev–Trinajstić information content (AvgIpc) is 2.98. The fourth-order valence-corrected chi connectivity index (χ4v) is 4.62. The Kier molecular flexibility index (Phi) is 6.00. The molecule has 0 fully saturated rings. The van der Waals surface area contributed by atoms with Gasteiger partial charge in [-0.25, -0.2) is 0 Å². The lowest BCUT2D eigenvalue weighted by atomic mass is 9.92. The van der Waals surface area contributed by atoms with Gasteiger partial charge in [0.1, 0.15) is 0 Å². The average molecular weight is 458 g/mol. The fourth-order valence-electron chi connectivity index (χ4n) is 4.62. The van der Waals surface area contributed by atoms with Crippen LogP contribution in [0.15, 0.2) is 152 Å². The predicted octanol–water partition coefficient (Wildman–Crippen LogP) is 9.82. The van der Waals surface area contributed by atoms with E-state index < -0.39 is 0 Å². The Labute approximate surface area is 213 Å². The molecule has 0 heterocycles. The van der Waals surface area contributed by atoms with Crippen LogP contribution < -0.4 is 0 Å². The Morgan fingerprint density at radius 1 is 0.250 bits per heavy atom. The van der Waals surface area contributed by atoms with Crippen LogP contribution in [0, 0.1) is 6.07 Å². The van der Waals surface area contributed by atoms with E-state index in [9.17, 15) is 0 Å². The van der Waals surface area contributed by atoms with Crippen LogP contribution in [-0.2, 0) is 0 Å². The van der Waals surface area contributed by atoms with Crippen LogP contribution in [0.5, 0.6) is 0 Å². The van der Waals surface area contributed by atoms with E-state index in [1.807, 2.05) is 0 Å². The Morgan fingerprint density at radius 3 is 0.889 bits per heavy atom. The van der Waals surface area contributed by atoms with Gasteiger partial charge in [-0.3, -0.25) is 0 Å². The van der Waals surface area contributed by atoms with Gasteiger partial charge < -0.3 is 0 Å². The molecule has 6 aromatic carbocycles. The van der Waals surface area contributed by atoms with Crippen molar-refractivity contribution in [3.63, 3.8) is 0 Å². The summed E-state index contributed by atoms with van der Waals surface area (Å²) in [6, 6.07) is 57.4. The number of benzene rings is 6. The molecule has 169 valence electrons. The van der Waals surface area contributed by atoms with Crippen LogP contribution in [-0.4, -0.2) is 0 Å². The fraction of sp³-hybridized carbons (Fsp3) is 0. The van der Waals surface area contributed by atoms with Gasteiger partial charge in [-0.15, -0.1) is 0 Å². The van der Waals surface area contributed by atoms with Crippen LogP contribution >= 0.6 is 0 Å². The van der Waals surface area contributed by atoms with Crippen molar-refractivity contribution >= 4 is 0 Å². The topological polar surface area (TPSA) is 0 Å². The van der Waals surface area contributed by atoms with Crippen molar-refractivity contribution in [2.45, 2.75) is 0 Å². The lowest BCUT2D eigenvalue weighted by Crippen LogP contribution is -1.87. The van der Waals surface area contributed by atoms with Crippen LogP contribution in [0.25, 0.3) is 55.6 Å². The first-order valence-electron chi connectivity index (χ1n) is 12.3. The summed E-state index contributed by atoms with van der Waals surface area (Å²) in [6.45, 7) is 0. The van der Waals surface area contributed by atoms with Gasteiger partial charge in [-0.2, -0.15) is 0 Å². The molecule has 0 spiro atoms. The van der Waals surface area contributed by atoms with Gasteiger partial charge in [-0.1, -0.05) is 140 Å². The minimum atomic E-state index is 1.10. The van der Waals surface area contributed by atoms with Crippen molar-refractivity contribution in [1.82, 2.24) is 0 Å². The molecule has 0 aromatic heterocycles. The molecule has 0 saturated carbocycles. The maximum Gasteiger partial charge on any atom is -0.00139 e. The minimum absolute atomic E-state index is 1.10. The summed E-state index contributed by atoms with van der Waals surface area (Å²) < 4.78 is 0. The van der Waals surface area contributed by atoms with Crippen molar-refractivity contribution in [3.8, 4) is 55.6 Å². The molecule has 0 heteroatoms. The van der Waals surface area contributed by atoms with Crippen molar-refractivity contribution in [1.29, 1.82) is 0 Å². The Balaban J connectivity index is 1.41. The Bertz CT molecular complexity index is 1460. The molecule has 0 atom stereocenters. The molecule has 0 amide bonds. The standard InChI is InChI=1S/C36H25/c1-4-10-27(11-5-1)30-16-20-32(21-17-30)35-24-34(29-14-8-3-9-15-29)25-36(26-35)33-22-18-31(19-23-33)28-12-6-2-7-13-28/h1-25H. The van der Waals surface area contributed by atoms with Crippen molar-refractivity contribution in [3.05, 3.63) is 158 Å². The molecule has 0 nitrogen and oxygen atoms in total. The molecule has 1 radical (unpaired) electrons. The molecule has 0 aliphatic heterocycles. The first-order chi connectivity index (χ1) is 17.8. The first-order valence-corrected chi connectivity index (χ1v) is 12.3. The molecule has 6 rings (SSSR count). The van der Waals surface area contributed by atoms with E-state index in [1.165, 1.54) is 33.4 Å². The van der Waals surface area contributed by atoms with Crippen molar-refractivity contribution < 1.29 is 0 Å². The number of hydrogen-bond acceptors (Lipinski definition) is 0. The summed E-state index contributed by atoms with van der Waals surface area (Å²) >= 11 is 0. The van der Waals surface area contributed by atoms with Crippen LogP contribution in [0.2, 0.25) is 0 Å². The lowest BCUT2D eigenvalue weighted by Gasteiger charge is -2.12. The zero-order valence-electron chi connectivity index (χ0n) is 19.9. The molecule has 0 unspecified atom stereocenters. The van der Waals surface area contributed by atoms with Gasteiger partial charge in [0.25, 0.3) is 0 Å². The second-order valence-corrected chi connectivity index (χ2v) is 8.95. The van der Waals surface area contributed by atoms with Gasteiger partial charge in [0.15, 0.2) is 0 Å². The van der Waals surface area contributed by atoms with E-state index in [0.717, 1.165) is 22.3 Å². The first kappa shape index (κ1) is 21.8. The highest BCUT2D eigenvalue weighted by atomic mass is 14.1. The van der Waals surface area contributed by atoms with E-state index in [4.69, 9.17) is 0 Å². The molecule has 0 saturated heterocycles. The van der Waals surface area contributed by atoms with E-state index in [-0.39, 0.29) is 0 Å². The van der Waals surface area contributed by atoms with E-state index in [1.54, 1.807) is 0 Å². The highest BCUT2D eigenvalue weighted by Crippen LogP contribution is 2.34. The highest BCUT2D eigenvalue weighted by Gasteiger charge is 2.09. The lowest BCUT2D eigenvalue weighted by molar-refractivity contribution is 1.55. The monoisotopic (exact) mass is 457 g/mol. The molecule has 36 heavy (non-hydrogen) atoms. The van der Waals surface area contributed by atoms with E-state index in [0.29, 0.717) is 0 Å². The van der Waals surface area contributed by atoms with Gasteiger partial charge >= 0.3 is 0 Å². The molecular formula is C36H25. The second kappa shape index (κ2) is 9.90. The summed E-state index contributed by atoms with van der Waals surface area (Å²) in [6.07, 6.45) is 0. The molecular weight excluding hydrogens is 432 g/mol. The number of hydrogen-bond donors (Lipinski definition) is 0. The second-order valence-electron chi connectivity index (χ2n) is 8.95. The third-order valence-electron chi connectivity index (χ3n) is 6.58. The maximum absolute atomic E-state index is 3.71. The predicted molar refractivity (Wildman–Crippen MR) is 152 cm³/mol. The third kappa shape index (κ3) is 4.62. The SMILES string of the molecule is [c]1c(-c2ccc(-c3ccccc3)cc2)cc(-c2ccccc2)cc1-c1ccc(-c2ccccc2)cc1. The zero-order chi connectivity index (χ0) is 24.2. The largest absolute Gasteiger partial charge is 0.0622 e. The maximum atomic E-state index is 3.71. The summed E-state index contributed by atoms with van der Waals surface area (Å²) in [7, 11) is 0. The summed E-state index contributed by atoms with van der Waals surface area (Å²) in [5, 5.41) is 0. The van der Waals surface area contributed by atoms with Crippen molar-refractivity contribution in [2.75, 3.05) is 0 Å². The molecule has 0 aliphatic rings. The van der Waals surface area contributed by atoms with Gasteiger partial charge in [0.2, 0.25) is 0 Å². The minimum Gasteiger partial charge on any atom is -0.0622 e. The Morgan fingerprint density at radius 2 is 0.528 bits per heavy atom. The quantitative estimate of drug-likeness (QED) is 0.242. The zero-order valence-corrected chi connectivity index (χ0v) is 19.9. The number of rotatable bonds is 5. The molecule has 0 aliphatic carbocycles. The van der Waals surface area contributed by atoms with Crippen LogP contribution in [0.1, 0.15) is 0 Å². The highest BCUT2D eigenvalue weighted by molar-refractivity contribution is 5.82. The van der Waals surface area contributed by atoms with Gasteiger partial charge in [0.05, 0.1) is 0 Å². The van der Waals surface area contributed by atoms with E-state index >= 15 is 0 Å². The summed E-state index contributed by atoms with van der Waals surface area (Å²) in [4.78, 5) is 0. The smallest absolute Gasteiger partial charge is 0.00139 e. The van der Waals surface area contributed by atoms with Gasteiger partial charge in [0, 0.05) is 0 Å². The molecule has 0 bridgehead atoms. The van der Waals surface area contributed by atoms with Crippen LogP contribution in [0.3, 0.4) is 0 Å². The normalized spacial score (nSPS) is 10.8. The third-order valence-corrected chi connectivity index (χ3v) is 6.58. The van der Waals surface area contributed by atoms with Crippen molar-refractivity contribution in [2.24, 2.45) is 0 Å². The van der Waals surface area contributed by atoms with Crippen LogP contribution in [0.4, 0.5) is 0 Å².